The lowest BCUT2D eigenvalue weighted by Crippen LogP contribution is -2.13. The van der Waals surface area contributed by atoms with Crippen LogP contribution < -0.4 is 10.1 Å². The fourth-order valence-corrected chi connectivity index (χ4v) is 2.73. The molecule has 0 saturated heterocycles. The van der Waals surface area contributed by atoms with Crippen LogP contribution in [-0.4, -0.2) is 30.4 Å². The summed E-state index contributed by atoms with van der Waals surface area (Å²) < 4.78 is 23.6. The topological polar surface area (TPSA) is 76.2 Å². The van der Waals surface area contributed by atoms with Crippen LogP contribution in [0.15, 0.2) is 48.7 Å². The van der Waals surface area contributed by atoms with E-state index in [4.69, 9.17) is 4.74 Å². The first-order chi connectivity index (χ1) is 13.1. The van der Waals surface area contributed by atoms with Crippen molar-refractivity contribution in [2.75, 3.05) is 14.2 Å². The van der Waals surface area contributed by atoms with Gasteiger partial charge in [0.05, 0.1) is 31.7 Å². The number of benzene rings is 2. The number of nitrogens with zero attached hydrogens (tertiary/aromatic N) is 1. The van der Waals surface area contributed by atoms with Crippen molar-refractivity contribution < 1.29 is 18.7 Å². The number of hydrogen-bond donors (Lipinski definition) is 2. The van der Waals surface area contributed by atoms with Gasteiger partial charge in [0, 0.05) is 24.2 Å². The Hall–Kier alpha value is -3.19. The van der Waals surface area contributed by atoms with Gasteiger partial charge in [0.1, 0.15) is 0 Å². The maximum Gasteiger partial charge on any atom is 0.337 e. The van der Waals surface area contributed by atoms with E-state index < -0.39 is 5.82 Å². The first-order valence-corrected chi connectivity index (χ1v) is 8.36. The van der Waals surface area contributed by atoms with Gasteiger partial charge in [0.2, 0.25) is 0 Å². The molecule has 1 heterocycles. The molecule has 0 spiro atoms. The number of hydrogen-bond acceptors (Lipinski definition) is 5. The second-order valence-electron chi connectivity index (χ2n) is 5.91. The van der Waals surface area contributed by atoms with Gasteiger partial charge in [-0.3, -0.25) is 5.10 Å². The van der Waals surface area contributed by atoms with Crippen LogP contribution in [0.3, 0.4) is 0 Å². The summed E-state index contributed by atoms with van der Waals surface area (Å²) in [6, 6.07) is 12.0. The van der Waals surface area contributed by atoms with E-state index in [0.717, 1.165) is 16.8 Å². The van der Waals surface area contributed by atoms with Gasteiger partial charge >= 0.3 is 5.97 Å². The van der Waals surface area contributed by atoms with Crippen LogP contribution in [-0.2, 0) is 17.8 Å². The molecule has 0 aliphatic heterocycles. The fourth-order valence-electron chi connectivity index (χ4n) is 2.73. The second kappa shape index (κ2) is 8.46. The van der Waals surface area contributed by atoms with Gasteiger partial charge in [0.15, 0.2) is 11.6 Å². The summed E-state index contributed by atoms with van der Waals surface area (Å²) in [5.74, 6) is -0.577. The third kappa shape index (κ3) is 4.32. The highest BCUT2D eigenvalue weighted by molar-refractivity contribution is 5.89. The minimum absolute atomic E-state index is 0.202. The summed E-state index contributed by atoms with van der Waals surface area (Å²) in [7, 11) is 2.79. The van der Waals surface area contributed by atoms with Crippen LogP contribution in [0.5, 0.6) is 5.75 Å². The van der Waals surface area contributed by atoms with Crippen molar-refractivity contribution in [2.45, 2.75) is 13.1 Å². The Balaban J connectivity index is 1.64. The number of methoxy groups -OCH3 is 2. The highest BCUT2D eigenvalue weighted by atomic mass is 19.1. The minimum atomic E-state index is -0.422. The van der Waals surface area contributed by atoms with Crippen molar-refractivity contribution in [1.29, 1.82) is 0 Å². The van der Waals surface area contributed by atoms with Gasteiger partial charge in [-0.15, -0.1) is 0 Å². The number of nitrogens with one attached hydrogen (secondary N) is 2. The minimum Gasteiger partial charge on any atom is -0.494 e. The first kappa shape index (κ1) is 18.6. The molecule has 0 atom stereocenters. The van der Waals surface area contributed by atoms with Gasteiger partial charge in [-0.1, -0.05) is 12.1 Å². The number of carbonyl (C=O) groups is 1. The van der Waals surface area contributed by atoms with E-state index in [0.29, 0.717) is 24.2 Å². The molecular weight excluding hydrogens is 349 g/mol. The number of halogens is 1. The number of H-pyrrole nitrogens is 1. The Bertz CT molecular complexity index is 922. The highest BCUT2D eigenvalue weighted by Gasteiger charge is 2.11. The quantitative estimate of drug-likeness (QED) is 0.625. The SMILES string of the molecule is COC(=O)c1ccc(CNCc2cn[nH]c2-c2ccc(OC)c(F)c2)cc1. The normalized spacial score (nSPS) is 10.6. The standard InChI is InChI=1S/C20H20FN3O3/c1-26-18-8-7-15(9-17(18)21)19-16(12-23-24-19)11-22-10-13-3-5-14(6-4-13)20(25)27-2/h3-9,12,22H,10-11H2,1-2H3,(H,23,24). The predicted molar refractivity (Wildman–Crippen MR) is 98.9 cm³/mol. The third-order valence-electron chi connectivity index (χ3n) is 4.18. The Morgan fingerprint density at radius 2 is 1.93 bits per heavy atom. The number of ether oxygens (including phenoxy) is 2. The van der Waals surface area contributed by atoms with E-state index in [9.17, 15) is 9.18 Å². The van der Waals surface area contributed by atoms with Gasteiger partial charge in [0.25, 0.3) is 0 Å². The Kier molecular flexibility index (Phi) is 5.83. The summed E-state index contributed by atoms with van der Waals surface area (Å²) in [5, 5.41) is 10.3. The maximum atomic E-state index is 14.0. The largest absolute Gasteiger partial charge is 0.494 e. The van der Waals surface area contributed by atoms with Crippen LogP contribution >= 0.6 is 0 Å². The summed E-state index contributed by atoms with van der Waals surface area (Å²) in [6.07, 6.45) is 1.71. The van der Waals surface area contributed by atoms with Crippen LogP contribution in [0, 0.1) is 5.82 Å². The first-order valence-electron chi connectivity index (χ1n) is 8.36. The average Bonchev–Trinajstić information content (AvgIpc) is 3.16. The molecule has 0 saturated carbocycles. The second-order valence-corrected chi connectivity index (χ2v) is 5.91. The molecule has 0 unspecified atom stereocenters. The lowest BCUT2D eigenvalue weighted by atomic mass is 10.1. The van der Waals surface area contributed by atoms with Crippen molar-refractivity contribution in [2.24, 2.45) is 0 Å². The molecule has 7 heteroatoms. The number of aromatic amines is 1. The molecule has 1 aromatic heterocycles. The molecule has 3 aromatic rings. The van der Waals surface area contributed by atoms with E-state index in [1.807, 2.05) is 12.1 Å². The molecule has 140 valence electrons. The van der Waals surface area contributed by atoms with Crippen LogP contribution in [0.2, 0.25) is 0 Å². The van der Waals surface area contributed by atoms with Crippen molar-refractivity contribution >= 4 is 5.97 Å². The van der Waals surface area contributed by atoms with E-state index >= 15 is 0 Å². The van der Waals surface area contributed by atoms with Crippen molar-refractivity contribution in [3.05, 3.63) is 71.2 Å². The number of rotatable bonds is 7. The molecule has 0 aliphatic carbocycles. The molecule has 0 amide bonds. The van der Waals surface area contributed by atoms with E-state index in [1.165, 1.54) is 20.3 Å². The summed E-state index contributed by atoms with van der Waals surface area (Å²) in [6.45, 7) is 1.17. The molecule has 0 fully saturated rings. The van der Waals surface area contributed by atoms with Crippen molar-refractivity contribution in [3.63, 3.8) is 0 Å². The smallest absolute Gasteiger partial charge is 0.337 e. The fraction of sp³-hybridized carbons (Fsp3) is 0.200. The predicted octanol–water partition coefficient (Wildman–Crippen LogP) is 3.30. The summed E-state index contributed by atoms with van der Waals surface area (Å²) >= 11 is 0. The Morgan fingerprint density at radius 3 is 2.59 bits per heavy atom. The summed E-state index contributed by atoms with van der Waals surface area (Å²) in [5.41, 5.74) is 3.92. The maximum absolute atomic E-state index is 14.0. The number of esters is 1. The van der Waals surface area contributed by atoms with Gasteiger partial charge < -0.3 is 14.8 Å². The van der Waals surface area contributed by atoms with Crippen LogP contribution in [0.4, 0.5) is 4.39 Å². The highest BCUT2D eigenvalue weighted by Crippen LogP contribution is 2.26. The molecule has 3 rings (SSSR count). The molecule has 2 N–H and O–H groups in total. The van der Waals surface area contributed by atoms with Gasteiger partial charge in [-0.2, -0.15) is 5.10 Å². The van der Waals surface area contributed by atoms with Crippen molar-refractivity contribution in [1.82, 2.24) is 15.5 Å². The van der Waals surface area contributed by atoms with Crippen LogP contribution in [0.1, 0.15) is 21.5 Å². The Morgan fingerprint density at radius 1 is 1.15 bits per heavy atom. The van der Waals surface area contributed by atoms with E-state index in [2.05, 4.69) is 20.3 Å². The molecule has 0 bridgehead atoms. The monoisotopic (exact) mass is 369 g/mol. The van der Waals surface area contributed by atoms with Crippen molar-refractivity contribution in [3.8, 4) is 17.0 Å². The zero-order chi connectivity index (χ0) is 19.2. The lowest BCUT2D eigenvalue weighted by molar-refractivity contribution is 0.0600. The molecule has 6 nitrogen and oxygen atoms in total. The molecule has 0 radical (unpaired) electrons. The van der Waals surface area contributed by atoms with Crippen LogP contribution in [0.25, 0.3) is 11.3 Å². The molecular formula is C20H20FN3O3. The zero-order valence-corrected chi connectivity index (χ0v) is 15.1. The average molecular weight is 369 g/mol. The Labute approximate surface area is 156 Å². The van der Waals surface area contributed by atoms with Gasteiger partial charge in [-0.05, 0) is 35.9 Å². The number of carbonyl (C=O) groups excluding carboxylic acids is 1. The van der Waals surface area contributed by atoms with Gasteiger partial charge in [-0.25, -0.2) is 9.18 Å². The third-order valence-corrected chi connectivity index (χ3v) is 4.18. The summed E-state index contributed by atoms with van der Waals surface area (Å²) in [4.78, 5) is 11.4. The van der Waals surface area contributed by atoms with E-state index in [-0.39, 0.29) is 11.7 Å². The number of aromatic nitrogens is 2. The molecule has 2 aromatic carbocycles. The van der Waals surface area contributed by atoms with E-state index in [1.54, 1.807) is 30.5 Å². The molecule has 27 heavy (non-hydrogen) atoms. The lowest BCUT2D eigenvalue weighted by Gasteiger charge is -2.08. The molecule has 0 aliphatic rings. The zero-order valence-electron chi connectivity index (χ0n) is 15.1.